The normalized spacial score (nSPS) is 19.0. The monoisotopic (exact) mass is 485 g/mol. The number of alkyl carbamates (subject to hydrolysis) is 1. The predicted molar refractivity (Wildman–Crippen MR) is 116 cm³/mol. The Balaban J connectivity index is 1.42. The molecule has 1 aromatic heterocycles. The van der Waals surface area contributed by atoms with Crippen LogP contribution in [0, 0.1) is 0 Å². The minimum atomic E-state index is -2.97. The van der Waals surface area contributed by atoms with Crippen molar-refractivity contribution in [1.82, 2.24) is 20.0 Å². The van der Waals surface area contributed by atoms with Crippen molar-refractivity contribution in [3.8, 4) is 0 Å². The van der Waals surface area contributed by atoms with Crippen LogP contribution < -0.4 is 15.4 Å². The maximum Gasteiger partial charge on any atom is 0.407 e. The molecular weight excluding hydrogens is 460 g/mol. The van der Waals surface area contributed by atoms with Crippen molar-refractivity contribution in [3.63, 3.8) is 0 Å². The number of rotatable bonds is 10. The van der Waals surface area contributed by atoms with Crippen LogP contribution >= 0.6 is 11.9 Å². The van der Waals surface area contributed by atoms with Crippen LogP contribution in [0.15, 0.2) is 41.6 Å². The fourth-order valence-corrected chi connectivity index (χ4v) is 3.65. The molecule has 1 saturated carbocycles. The van der Waals surface area contributed by atoms with Crippen LogP contribution in [0.5, 0.6) is 0 Å². The Kier molecular flexibility index (Phi) is 8.37. The van der Waals surface area contributed by atoms with E-state index >= 15 is 0 Å². The van der Waals surface area contributed by atoms with Gasteiger partial charge in [-0.2, -0.15) is 4.72 Å². The zero-order valence-electron chi connectivity index (χ0n) is 17.6. The number of aromatic nitrogens is 2. The standard InChI is InChI=1S/C20H25F2N5O5S/c1-11(6-17(21)22)25-19(28)32-15-7-12(8-15)13-9-23-18(24-10-13)26-14-2-4-16(5-3-14)33-27-20(29,30)31/h2-5,9-12,15,17,27,29-31H,6-8H2,1H3,(H,25,28)(H,23,24,26). The summed E-state index contributed by atoms with van der Waals surface area (Å²) in [5.74, 6) is 0.535. The molecule has 1 heterocycles. The molecule has 0 bridgehead atoms. The van der Waals surface area contributed by atoms with E-state index in [9.17, 15) is 13.6 Å². The van der Waals surface area contributed by atoms with Crippen molar-refractivity contribution < 1.29 is 33.6 Å². The first kappa shape index (κ1) is 25.1. The van der Waals surface area contributed by atoms with E-state index in [0.717, 1.165) is 17.5 Å². The molecular formula is C20H25F2N5O5S. The summed E-state index contributed by atoms with van der Waals surface area (Å²) < 4.78 is 31.9. The van der Waals surface area contributed by atoms with Gasteiger partial charge in [0.25, 0.3) is 0 Å². The lowest BCUT2D eigenvalue weighted by Crippen LogP contribution is -2.40. The number of alkyl halides is 2. The average Bonchev–Trinajstić information content (AvgIpc) is 2.69. The summed E-state index contributed by atoms with van der Waals surface area (Å²) in [5.41, 5.74) is 1.62. The minimum absolute atomic E-state index is 0.149. The van der Waals surface area contributed by atoms with Gasteiger partial charge in [-0.1, -0.05) is 0 Å². The third-order valence-corrected chi connectivity index (χ3v) is 5.71. The Morgan fingerprint density at radius 2 is 1.85 bits per heavy atom. The molecule has 0 saturated heterocycles. The highest BCUT2D eigenvalue weighted by molar-refractivity contribution is 7.97. The Morgan fingerprint density at radius 3 is 2.42 bits per heavy atom. The topological polar surface area (TPSA) is 149 Å². The highest BCUT2D eigenvalue weighted by Crippen LogP contribution is 2.38. The minimum Gasteiger partial charge on any atom is -0.446 e. The van der Waals surface area contributed by atoms with Gasteiger partial charge in [0.1, 0.15) is 6.10 Å². The lowest BCUT2D eigenvalue weighted by Gasteiger charge is -2.34. The number of ether oxygens (including phenoxy) is 1. The molecule has 1 amide bonds. The van der Waals surface area contributed by atoms with Gasteiger partial charge in [-0.3, -0.25) is 0 Å². The first-order valence-electron chi connectivity index (χ1n) is 10.1. The number of nitrogens with zero attached hydrogens (tertiary/aromatic N) is 2. The first-order valence-corrected chi connectivity index (χ1v) is 10.9. The van der Waals surface area contributed by atoms with E-state index in [2.05, 4.69) is 20.6 Å². The van der Waals surface area contributed by atoms with Crippen LogP contribution in [0.25, 0.3) is 0 Å². The number of benzene rings is 1. The van der Waals surface area contributed by atoms with Crippen LogP contribution in [0.4, 0.5) is 25.2 Å². The molecule has 1 unspecified atom stereocenters. The van der Waals surface area contributed by atoms with Crippen molar-refractivity contribution in [2.24, 2.45) is 0 Å². The van der Waals surface area contributed by atoms with Gasteiger partial charge < -0.3 is 30.7 Å². The van der Waals surface area contributed by atoms with Crippen LogP contribution in [-0.4, -0.2) is 56.0 Å². The molecule has 180 valence electrons. The van der Waals surface area contributed by atoms with Gasteiger partial charge in [-0.25, -0.2) is 23.5 Å². The SMILES string of the molecule is CC(CC(F)F)NC(=O)OC1CC(c2cnc(Nc3ccc(SNC(O)(O)O)cc3)nc2)C1. The second-order valence-electron chi connectivity index (χ2n) is 7.70. The highest BCUT2D eigenvalue weighted by Gasteiger charge is 2.34. The van der Waals surface area contributed by atoms with Crippen molar-refractivity contribution in [2.75, 3.05) is 5.32 Å². The van der Waals surface area contributed by atoms with E-state index in [4.69, 9.17) is 20.1 Å². The molecule has 0 aliphatic heterocycles. The van der Waals surface area contributed by atoms with Crippen molar-refractivity contribution in [1.29, 1.82) is 0 Å². The van der Waals surface area contributed by atoms with E-state index in [1.54, 1.807) is 36.7 Å². The number of aliphatic hydroxyl groups is 3. The third-order valence-electron chi connectivity index (χ3n) is 4.82. The second-order valence-corrected chi connectivity index (χ2v) is 8.58. The first-order chi connectivity index (χ1) is 15.6. The summed E-state index contributed by atoms with van der Waals surface area (Å²) in [6.45, 7) is 1.50. The average molecular weight is 486 g/mol. The van der Waals surface area contributed by atoms with Gasteiger partial charge in [-0.05, 0) is 67.5 Å². The van der Waals surface area contributed by atoms with Crippen molar-refractivity contribution in [3.05, 3.63) is 42.2 Å². The van der Waals surface area contributed by atoms with E-state index in [0.29, 0.717) is 29.4 Å². The fourth-order valence-electron chi connectivity index (χ4n) is 3.12. The van der Waals surface area contributed by atoms with Crippen LogP contribution in [0.2, 0.25) is 0 Å². The number of hydrogen-bond acceptors (Lipinski definition) is 10. The summed E-state index contributed by atoms with van der Waals surface area (Å²) in [4.78, 5) is 21.0. The van der Waals surface area contributed by atoms with Gasteiger partial charge in [0.2, 0.25) is 12.4 Å². The van der Waals surface area contributed by atoms with E-state index in [1.165, 1.54) is 6.92 Å². The Bertz CT molecular complexity index is 909. The van der Waals surface area contributed by atoms with Gasteiger partial charge in [-0.15, -0.1) is 0 Å². The third kappa shape index (κ3) is 8.37. The Morgan fingerprint density at radius 1 is 1.21 bits per heavy atom. The van der Waals surface area contributed by atoms with E-state index in [1.807, 2.05) is 4.72 Å². The Hall–Kier alpha value is -2.58. The van der Waals surface area contributed by atoms with Gasteiger partial charge in [0, 0.05) is 35.4 Å². The van der Waals surface area contributed by atoms with Crippen molar-refractivity contribution in [2.45, 2.75) is 61.7 Å². The highest BCUT2D eigenvalue weighted by atomic mass is 32.2. The number of hydrogen-bond donors (Lipinski definition) is 6. The van der Waals surface area contributed by atoms with Crippen LogP contribution in [0.1, 0.15) is 37.7 Å². The molecule has 1 fully saturated rings. The molecule has 1 aliphatic rings. The molecule has 2 aromatic rings. The lowest BCUT2D eigenvalue weighted by molar-refractivity contribution is -0.317. The summed E-state index contributed by atoms with van der Waals surface area (Å²) in [6, 6.07) is 6.19. The number of halogens is 2. The van der Waals surface area contributed by atoms with E-state index < -0.39 is 31.1 Å². The largest absolute Gasteiger partial charge is 0.446 e. The summed E-state index contributed by atoms with van der Waals surface area (Å²) in [5, 5.41) is 31.9. The zero-order chi connectivity index (χ0) is 24.0. The molecule has 1 atom stereocenters. The molecule has 3 rings (SSSR count). The molecule has 6 N–H and O–H groups in total. The molecule has 0 spiro atoms. The lowest BCUT2D eigenvalue weighted by atomic mass is 9.78. The molecule has 33 heavy (non-hydrogen) atoms. The number of nitrogens with one attached hydrogen (secondary N) is 3. The quantitative estimate of drug-likeness (QED) is 0.219. The zero-order valence-corrected chi connectivity index (χ0v) is 18.4. The smallest absolute Gasteiger partial charge is 0.407 e. The number of carbonyl (C=O) groups is 1. The van der Waals surface area contributed by atoms with Crippen molar-refractivity contribution >= 4 is 29.7 Å². The van der Waals surface area contributed by atoms with Gasteiger partial charge in [0.05, 0.1) is 0 Å². The molecule has 10 nitrogen and oxygen atoms in total. The predicted octanol–water partition coefficient (Wildman–Crippen LogP) is 2.42. The molecule has 13 heteroatoms. The molecule has 1 aromatic carbocycles. The number of anilines is 2. The molecule has 1 aliphatic carbocycles. The Labute approximate surface area is 192 Å². The summed E-state index contributed by atoms with van der Waals surface area (Å²) >= 11 is 0.841. The van der Waals surface area contributed by atoms with Gasteiger partial charge >= 0.3 is 12.2 Å². The van der Waals surface area contributed by atoms with Gasteiger partial charge in [0.15, 0.2) is 0 Å². The maximum absolute atomic E-state index is 12.3. The van der Waals surface area contributed by atoms with Crippen LogP contribution in [0.3, 0.4) is 0 Å². The van der Waals surface area contributed by atoms with E-state index in [-0.39, 0.29) is 12.0 Å². The van der Waals surface area contributed by atoms with Crippen LogP contribution in [-0.2, 0) is 4.74 Å². The maximum atomic E-state index is 12.3. The number of amides is 1. The second kappa shape index (κ2) is 11.0. The molecule has 0 radical (unpaired) electrons. The number of carbonyl (C=O) groups excluding carboxylic acids is 1. The fraction of sp³-hybridized carbons (Fsp3) is 0.450. The summed E-state index contributed by atoms with van der Waals surface area (Å²) in [7, 11) is 0. The summed E-state index contributed by atoms with van der Waals surface area (Å²) in [6.07, 6.45) is -2.23.